The van der Waals surface area contributed by atoms with Crippen LogP contribution in [0.4, 0.5) is 0 Å². The van der Waals surface area contributed by atoms with Crippen molar-refractivity contribution in [3.05, 3.63) is 29.8 Å². The summed E-state index contributed by atoms with van der Waals surface area (Å²) in [5.74, 6) is -8.06. The molecule has 0 spiro atoms. The molecule has 0 aliphatic heterocycles. The quantitative estimate of drug-likeness (QED) is 0.0701. The smallest absolute Gasteiger partial charge is 0.326 e. The molecule has 0 aliphatic rings. The number of benzene rings is 1. The average Bonchev–Trinajstić information content (AvgIpc) is 2.91. The maximum Gasteiger partial charge on any atom is 0.326 e. The largest absolute Gasteiger partial charge is 0.508 e. The summed E-state index contributed by atoms with van der Waals surface area (Å²) in [5, 5.41) is 46.8. The van der Waals surface area contributed by atoms with Gasteiger partial charge in [-0.05, 0) is 31.0 Å². The van der Waals surface area contributed by atoms with E-state index in [1.165, 1.54) is 24.3 Å². The van der Waals surface area contributed by atoms with Crippen LogP contribution in [-0.4, -0.2) is 104 Å². The summed E-state index contributed by atoms with van der Waals surface area (Å²) in [4.78, 5) is 84.8. The SMILES string of the molecule is C[C@@H](O)[C@H](NC(=O)[C@H](Cc1ccc(O)cc1)NC(=O)[C@@H](N)CC(N)=O)C(=O)N[C@@H](CS)C(=O)N[C@@H](CCC(=O)O)C(=O)O. The van der Waals surface area contributed by atoms with Crippen molar-refractivity contribution in [1.82, 2.24) is 21.3 Å². The van der Waals surface area contributed by atoms with Crippen molar-refractivity contribution in [1.29, 1.82) is 0 Å². The first-order valence-corrected chi connectivity index (χ1v) is 13.5. The van der Waals surface area contributed by atoms with Crippen molar-refractivity contribution in [3.8, 4) is 5.75 Å². The van der Waals surface area contributed by atoms with Crippen LogP contribution in [0.5, 0.6) is 5.75 Å². The minimum absolute atomic E-state index is 0.0672. The number of nitrogens with one attached hydrogen (secondary N) is 4. The van der Waals surface area contributed by atoms with E-state index >= 15 is 0 Å². The molecule has 0 aliphatic carbocycles. The van der Waals surface area contributed by atoms with Crippen molar-refractivity contribution in [2.75, 3.05) is 5.75 Å². The lowest BCUT2D eigenvalue weighted by molar-refractivity contribution is -0.143. The summed E-state index contributed by atoms with van der Waals surface area (Å²) in [7, 11) is 0. The number of carbonyl (C=O) groups is 7. The van der Waals surface area contributed by atoms with Gasteiger partial charge in [0.25, 0.3) is 0 Å². The lowest BCUT2D eigenvalue weighted by atomic mass is 10.0. The molecule has 17 nitrogen and oxygen atoms in total. The summed E-state index contributed by atoms with van der Waals surface area (Å²) in [5.41, 5.74) is 11.2. The van der Waals surface area contributed by atoms with Crippen LogP contribution in [-0.2, 0) is 40.0 Å². The number of carbonyl (C=O) groups excluding carboxylic acids is 5. The third-order valence-corrected chi connectivity index (χ3v) is 6.27. The van der Waals surface area contributed by atoms with E-state index in [9.17, 15) is 48.9 Å². The third kappa shape index (κ3) is 13.0. The number of primary amides is 1. The molecule has 5 amide bonds. The van der Waals surface area contributed by atoms with E-state index in [-0.39, 0.29) is 17.9 Å². The molecule has 1 rings (SSSR count). The summed E-state index contributed by atoms with van der Waals surface area (Å²) >= 11 is 3.98. The van der Waals surface area contributed by atoms with Gasteiger partial charge in [0.2, 0.25) is 29.5 Å². The van der Waals surface area contributed by atoms with E-state index < -0.39 is 97.1 Å². The highest BCUT2D eigenvalue weighted by atomic mass is 32.1. The molecule has 6 atom stereocenters. The van der Waals surface area contributed by atoms with E-state index in [0.717, 1.165) is 6.92 Å². The van der Waals surface area contributed by atoms with Gasteiger partial charge in [-0.25, -0.2) is 4.79 Å². The molecule has 0 bridgehead atoms. The Bertz CT molecular complexity index is 1180. The van der Waals surface area contributed by atoms with Crippen molar-refractivity contribution >= 4 is 54.1 Å². The highest BCUT2D eigenvalue weighted by Crippen LogP contribution is 2.12. The van der Waals surface area contributed by atoms with Crippen molar-refractivity contribution in [3.63, 3.8) is 0 Å². The number of aliphatic carboxylic acids is 2. The van der Waals surface area contributed by atoms with Crippen LogP contribution < -0.4 is 32.7 Å². The van der Waals surface area contributed by atoms with Crippen LogP contribution >= 0.6 is 12.6 Å². The summed E-state index contributed by atoms with van der Waals surface area (Å²) in [6, 6.07) is -1.96. The molecule has 0 fully saturated rings. The zero-order valence-corrected chi connectivity index (χ0v) is 24.0. The first-order chi connectivity index (χ1) is 20.0. The van der Waals surface area contributed by atoms with E-state index in [2.05, 4.69) is 33.9 Å². The molecule has 0 aromatic heterocycles. The maximum atomic E-state index is 13.2. The first kappa shape index (κ1) is 36.6. The third-order valence-electron chi connectivity index (χ3n) is 5.91. The monoisotopic (exact) mass is 628 g/mol. The van der Waals surface area contributed by atoms with Gasteiger partial charge in [-0.1, -0.05) is 12.1 Å². The predicted octanol–water partition coefficient (Wildman–Crippen LogP) is -3.66. The molecule has 0 radical (unpaired) electrons. The highest BCUT2D eigenvalue weighted by Gasteiger charge is 2.33. The van der Waals surface area contributed by atoms with Gasteiger partial charge in [0.1, 0.15) is 29.9 Å². The minimum atomic E-state index is -1.69. The van der Waals surface area contributed by atoms with Gasteiger partial charge in [0.15, 0.2) is 0 Å². The van der Waals surface area contributed by atoms with Gasteiger partial charge in [-0.15, -0.1) is 0 Å². The van der Waals surface area contributed by atoms with Crippen LogP contribution in [0.2, 0.25) is 0 Å². The normalized spacial score (nSPS) is 15.0. The number of hydrogen-bond donors (Lipinski definition) is 11. The number of carboxylic acid groups (broad SMARTS) is 2. The fourth-order valence-electron chi connectivity index (χ4n) is 3.58. The standard InChI is InChI=1S/C25H36N6O11S/c1-11(32)20(24(40)30-17(10-43)23(39)28-15(25(41)42)6-7-19(35)36)31-22(38)16(8-12-2-4-13(33)5-3-12)29-21(37)14(26)9-18(27)34/h2-5,11,14-17,20,32-33,43H,6-10,26H2,1H3,(H2,27,34)(H,28,39)(H,29,37)(H,30,40)(H,31,38)(H,35,36)(H,41,42)/t11-,14+,15+,16+,17+,20+/m1/s1. The Balaban J connectivity index is 3.10. The van der Waals surface area contributed by atoms with Gasteiger partial charge in [-0.2, -0.15) is 12.6 Å². The number of rotatable bonds is 18. The summed E-state index contributed by atoms with van der Waals surface area (Å²) in [6.45, 7) is 1.16. The van der Waals surface area contributed by atoms with Gasteiger partial charge in [-0.3, -0.25) is 28.8 Å². The number of phenols is 1. The zero-order chi connectivity index (χ0) is 32.9. The fraction of sp³-hybridized carbons (Fsp3) is 0.480. The molecule has 1 aromatic carbocycles. The van der Waals surface area contributed by atoms with E-state index in [4.69, 9.17) is 16.6 Å². The van der Waals surface area contributed by atoms with Crippen LogP contribution in [0.25, 0.3) is 0 Å². The molecule has 0 heterocycles. The lowest BCUT2D eigenvalue weighted by Gasteiger charge is -2.27. The maximum absolute atomic E-state index is 13.2. The number of amides is 5. The molecule has 18 heteroatoms. The van der Waals surface area contributed by atoms with E-state index in [0.29, 0.717) is 5.56 Å². The minimum Gasteiger partial charge on any atom is -0.508 e. The van der Waals surface area contributed by atoms with Gasteiger partial charge < -0.3 is 53.2 Å². The number of hydrogen-bond acceptors (Lipinski definition) is 11. The van der Waals surface area contributed by atoms with Crippen molar-refractivity contribution in [2.24, 2.45) is 11.5 Å². The summed E-state index contributed by atoms with van der Waals surface area (Å²) < 4.78 is 0. The zero-order valence-electron chi connectivity index (χ0n) is 23.1. The van der Waals surface area contributed by atoms with Gasteiger partial charge in [0.05, 0.1) is 18.6 Å². The molecule has 0 saturated carbocycles. The fourth-order valence-corrected chi connectivity index (χ4v) is 3.83. The van der Waals surface area contributed by atoms with Crippen molar-refractivity contribution in [2.45, 2.75) is 68.9 Å². The van der Waals surface area contributed by atoms with Crippen molar-refractivity contribution < 1.29 is 54.0 Å². The molecule has 0 unspecified atom stereocenters. The second-order valence-electron chi connectivity index (χ2n) is 9.51. The molecule has 1 aromatic rings. The van der Waals surface area contributed by atoms with E-state index in [1.807, 2.05) is 0 Å². The Morgan fingerprint density at radius 2 is 1.37 bits per heavy atom. The topological polar surface area (TPSA) is 301 Å². The van der Waals surface area contributed by atoms with Crippen LogP contribution in [0.1, 0.15) is 31.7 Å². The molecular formula is C25H36N6O11S. The molecule has 0 saturated heterocycles. The second kappa shape index (κ2) is 17.5. The number of aromatic hydroxyl groups is 1. The molecule has 43 heavy (non-hydrogen) atoms. The van der Waals surface area contributed by atoms with Gasteiger partial charge in [0, 0.05) is 18.6 Å². The lowest BCUT2D eigenvalue weighted by Crippen LogP contribution is -2.61. The Morgan fingerprint density at radius 3 is 1.86 bits per heavy atom. The predicted molar refractivity (Wildman–Crippen MR) is 151 cm³/mol. The van der Waals surface area contributed by atoms with E-state index in [1.54, 1.807) is 0 Å². The van der Waals surface area contributed by atoms with Gasteiger partial charge >= 0.3 is 11.9 Å². The Hall–Kier alpha value is -4.42. The first-order valence-electron chi connectivity index (χ1n) is 12.8. The highest BCUT2D eigenvalue weighted by molar-refractivity contribution is 7.80. The molecule has 238 valence electrons. The van der Waals surface area contributed by atoms with Crippen LogP contribution in [0.3, 0.4) is 0 Å². The number of aliphatic hydroxyl groups excluding tert-OH is 1. The molecule has 12 N–H and O–H groups in total. The number of aliphatic hydroxyl groups is 1. The Morgan fingerprint density at radius 1 is 0.837 bits per heavy atom. The number of carboxylic acids is 2. The number of phenolic OH excluding ortho intramolecular Hbond substituents is 1. The average molecular weight is 629 g/mol. The second-order valence-corrected chi connectivity index (χ2v) is 9.88. The summed E-state index contributed by atoms with van der Waals surface area (Å²) in [6.07, 6.45) is -3.24. The number of thiol groups is 1. The Labute approximate surface area is 251 Å². The Kier molecular flexibility index (Phi) is 14.9. The molecular weight excluding hydrogens is 592 g/mol. The number of nitrogens with two attached hydrogens (primary N) is 2. The van der Waals surface area contributed by atoms with Crippen LogP contribution in [0.15, 0.2) is 24.3 Å². The van der Waals surface area contributed by atoms with Crippen LogP contribution in [0, 0.1) is 0 Å².